The number of nitrogens with zero attached hydrogens (tertiary/aromatic N) is 2. The van der Waals surface area contributed by atoms with Gasteiger partial charge in [0.15, 0.2) is 6.20 Å². The van der Waals surface area contributed by atoms with E-state index in [1.807, 2.05) is 0 Å². The topological polar surface area (TPSA) is 80.3 Å². The molecule has 0 aliphatic heterocycles. The van der Waals surface area contributed by atoms with Crippen LogP contribution in [0.5, 0.6) is 0 Å². The molecule has 0 aromatic carbocycles. The normalized spacial score (nSPS) is 15.6. The molecule has 5 nitrogen and oxygen atoms in total. The van der Waals surface area contributed by atoms with E-state index >= 15 is 0 Å². The molecule has 0 aliphatic carbocycles. The Morgan fingerprint density at radius 3 is 2.75 bits per heavy atom. The van der Waals surface area contributed by atoms with Gasteiger partial charge in [0, 0.05) is 0 Å². The van der Waals surface area contributed by atoms with Crippen molar-refractivity contribution >= 4 is 0 Å². The van der Waals surface area contributed by atoms with Crippen LogP contribution >= 0.6 is 0 Å². The van der Waals surface area contributed by atoms with Crippen molar-refractivity contribution in [2.75, 3.05) is 0 Å². The van der Waals surface area contributed by atoms with E-state index in [0.29, 0.717) is 4.73 Å². The molecule has 1 aromatic rings. The maximum absolute atomic E-state index is 10.7. The minimum Gasteiger partial charge on any atom is -0.619 e. The third-order valence-electron chi connectivity index (χ3n) is 1.46. The number of aliphatic hydroxyl groups is 2. The molecule has 1 rings (SSSR count). The molecule has 0 amide bonds. The van der Waals surface area contributed by atoms with Gasteiger partial charge in [0.05, 0.1) is 12.3 Å². The number of hydrogen-bond donors (Lipinski definition) is 2. The summed E-state index contributed by atoms with van der Waals surface area (Å²) in [4.78, 5) is 3.73. The molecule has 0 spiro atoms. The van der Waals surface area contributed by atoms with Crippen LogP contribution in [-0.4, -0.2) is 21.3 Å². The monoisotopic (exact) mass is 170 g/mol. The van der Waals surface area contributed by atoms with Crippen LogP contribution in [-0.2, 0) is 0 Å². The zero-order valence-corrected chi connectivity index (χ0v) is 6.58. The van der Waals surface area contributed by atoms with E-state index in [1.54, 1.807) is 0 Å². The van der Waals surface area contributed by atoms with Crippen LogP contribution in [0, 0.1) is 5.21 Å². The summed E-state index contributed by atoms with van der Waals surface area (Å²) in [6, 6.07) is 0. The third-order valence-corrected chi connectivity index (χ3v) is 1.46. The summed E-state index contributed by atoms with van der Waals surface area (Å²) < 4.78 is 0.522. The van der Waals surface area contributed by atoms with Gasteiger partial charge in [-0.2, -0.15) is 4.73 Å². The van der Waals surface area contributed by atoms with E-state index in [-0.39, 0.29) is 5.69 Å². The van der Waals surface area contributed by atoms with Crippen LogP contribution < -0.4 is 4.73 Å². The second-order valence-electron chi connectivity index (χ2n) is 2.53. The first kappa shape index (κ1) is 8.89. The largest absolute Gasteiger partial charge is 0.619 e. The summed E-state index contributed by atoms with van der Waals surface area (Å²) in [5.41, 5.74) is 0.169. The fraction of sp³-hybridized carbons (Fsp3) is 0.429. The van der Waals surface area contributed by atoms with Crippen molar-refractivity contribution in [2.45, 2.75) is 19.1 Å². The first-order valence-electron chi connectivity index (χ1n) is 3.52. The molecule has 5 heteroatoms. The summed E-state index contributed by atoms with van der Waals surface area (Å²) in [5.74, 6) is 0. The van der Waals surface area contributed by atoms with Crippen LogP contribution in [0.25, 0.3) is 0 Å². The minimum absolute atomic E-state index is 0.169. The SMILES string of the molecule is CC(O)C(O)c1c[n+]([O-])ccn1. The predicted octanol–water partition coefficient (Wildman–Crippen LogP) is -0.871. The molecular formula is C7H10N2O3. The van der Waals surface area contributed by atoms with Gasteiger partial charge in [0.2, 0.25) is 6.20 Å². The molecular weight excluding hydrogens is 160 g/mol. The number of aromatic nitrogens is 2. The van der Waals surface area contributed by atoms with Crippen molar-refractivity contribution in [2.24, 2.45) is 0 Å². The first-order valence-corrected chi connectivity index (χ1v) is 3.52. The fourth-order valence-corrected chi connectivity index (χ4v) is 0.792. The highest BCUT2D eigenvalue weighted by molar-refractivity contribution is 4.97. The molecule has 0 radical (unpaired) electrons. The number of rotatable bonds is 2. The highest BCUT2D eigenvalue weighted by Crippen LogP contribution is 2.10. The second-order valence-corrected chi connectivity index (χ2v) is 2.53. The Balaban J connectivity index is 2.88. The molecule has 2 N–H and O–H groups in total. The van der Waals surface area contributed by atoms with Gasteiger partial charge >= 0.3 is 0 Å². The molecule has 0 fully saturated rings. The van der Waals surface area contributed by atoms with E-state index in [4.69, 9.17) is 5.11 Å². The average molecular weight is 170 g/mol. The third kappa shape index (κ3) is 1.90. The second kappa shape index (κ2) is 3.46. The molecule has 12 heavy (non-hydrogen) atoms. The van der Waals surface area contributed by atoms with Gasteiger partial charge in [-0.15, -0.1) is 0 Å². The van der Waals surface area contributed by atoms with Gasteiger partial charge in [0.25, 0.3) is 0 Å². The van der Waals surface area contributed by atoms with Crippen molar-refractivity contribution in [3.05, 3.63) is 29.5 Å². The predicted molar refractivity (Wildman–Crippen MR) is 39.8 cm³/mol. The Kier molecular flexibility index (Phi) is 2.57. The molecule has 66 valence electrons. The fourth-order valence-electron chi connectivity index (χ4n) is 0.792. The Bertz CT molecular complexity index is 265. The lowest BCUT2D eigenvalue weighted by Gasteiger charge is -2.10. The lowest BCUT2D eigenvalue weighted by molar-refractivity contribution is -0.606. The van der Waals surface area contributed by atoms with Crippen LogP contribution in [0.15, 0.2) is 18.6 Å². The Labute approximate surface area is 69.5 Å². The van der Waals surface area contributed by atoms with Crippen LogP contribution in [0.3, 0.4) is 0 Å². The van der Waals surface area contributed by atoms with E-state index in [2.05, 4.69) is 4.98 Å². The smallest absolute Gasteiger partial charge is 0.204 e. The molecule has 2 atom stereocenters. The zero-order chi connectivity index (χ0) is 9.14. The van der Waals surface area contributed by atoms with Crippen LogP contribution in [0.2, 0.25) is 0 Å². The molecule has 1 aromatic heterocycles. The van der Waals surface area contributed by atoms with E-state index < -0.39 is 12.2 Å². The summed E-state index contributed by atoms with van der Waals surface area (Å²) in [5, 5.41) is 28.9. The molecule has 0 saturated heterocycles. The Hall–Kier alpha value is -1.20. The molecule has 0 aliphatic rings. The summed E-state index contributed by atoms with van der Waals surface area (Å²) in [6.45, 7) is 1.43. The number of aliphatic hydroxyl groups excluding tert-OH is 2. The summed E-state index contributed by atoms with van der Waals surface area (Å²) in [7, 11) is 0. The van der Waals surface area contributed by atoms with Gasteiger partial charge in [-0.05, 0) is 6.92 Å². The Morgan fingerprint density at radius 2 is 2.25 bits per heavy atom. The zero-order valence-electron chi connectivity index (χ0n) is 6.58. The first-order chi connectivity index (χ1) is 5.61. The van der Waals surface area contributed by atoms with Gasteiger partial charge in [-0.3, -0.25) is 0 Å². The van der Waals surface area contributed by atoms with Crippen LogP contribution in [0.4, 0.5) is 0 Å². The van der Waals surface area contributed by atoms with Gasteiger partial charge in [-0.1, -0.05) is 0 Å². The number of hydrogen-bond acceptors (Lipinski definition) is 4. The lowest BCUT2D eigenvalue weighted by atomic mass is 10.2. The van der Waals surface area contributed by atoms with Crippen molar-refractivity contribution in [1.82, 2.24) is 4.98 Å². The Morgan fingerprint density at radius 1 is 1.58 bits per heavy atom. The summed E-state index contributed by atoms with van der Waals surface area (Å²) >= 11 is 0. The maximum Gasteiger partial charge on any atom is 0.204 e. The highest BCUT2D eigenvalue weighted by Gasteiger charge is 2.16. The van der Waals surface area contributed by atoms with E-state index in [1.165, 1.54) is 19.3 Å². The van der Waals surface area contributed by atoms with Crippen molar-refractivity contribution in [3.8, 4) is 0 Å². The van der Waals surface area contributed by atoms with Crippen LogP contribution in [0.1, 0.15) is 18.7 Å². The summed E-state index contributed by atoms with van der Waals surface area (Å²) in [6.07, 6.45) is 1.56. The van der Waals surface area contributed by atoms with Gasteiger partial charge < -0.3 is 15.4 Å². The minimum atomic E-state index is -1.11. The molecule has 0 saturated carbocycles. The quantitative estimate of drug-likeness (QED) is 0.446. The van der Waals surface area contributed by atoms with Crippen molar-refractivity contribution in [3.63, 3.8) is 0 Å². The average Bonchev–Trinajstić information content (AvgIpc) is 2.03. The molecule has 0 bridgehead atoms. The lowest BCUT2D eigenvalue weighted by Crippen LogP contribution is -2.28. The van der Waals surface area contributed by atoms with E-state index in [0.717, 1.165) is 6.20 Å². The molecule has 2 unspecified atom stereocenters. The van der Waals surface area contributed by atoms with Gasteiger partial charge in [0.1, 0.15) is 11.8 Å². The van der Waals surface area contributed by atoms with Crippen molar-refractivity contribution in [1.29, 1.82) is 0 Å². The highest BCUT2D eigenvalue weighted by atomic mass is 16.5. The van der Waals surface area contributed by atoms with E-state index in [9.17, 15) is 10.3 Å². The van der Waals surface area contributed by atoms with Crippen molar-refractivity contribution < 1.29 is 14.9 Å². The maximum atomic E-state index is 10.7. The molecule has 1 heterocycles. The van der Waals surface area contributed by atoms with Gasteiger partial charge in [-0.25, -0.2) is 4.98 Å². The standard InChI is InChI=1S/C7H10N2O3/c1-5(10)7(11)6-4-9(12)3-2-8-6/h2-5,7,10-11H,1H3.